The van der Waals surface area contributed by atoms with E-state index in [-0.39, 0.29) is 83.4 Å². The van der Waals surface area contributed by atoms with Crippen LogP contribution in [0.25, 0.3) is 67.2 Å². The molecular formula is C94H123N41O10S. The van der Waals surface area contributed by atoms with Crippen LogP contribution in [0, 0.1) is 5.92 Å². The Bertz CT molecular complexity index is 6450. The van der Waals surface area contributed by atoms with E-state index in [0.29, 0.717) is 237 Å². The van der Waals surface area contributed by atoms with Crippen LogP contribution in [0.15, 0.2) is 110 Å². The van der Waals surface area contributed by atoms with Gasteiger partial charge in [-0.05, 0) is 51.2 Å². The summed E-state index contributed by atoms with van der Waals surface area (Å²) in [6.45, 7) is 31.0. The molecule has 146 heavy (non-hydrogen) atoms. The molecule has 19 N–H and O–H groups in total. The zero-order chi connectivity index (χ0) is 102. The van der Waals surface area contributed by atoms with E-state index < -0.39 is 0 Å². The van der Waals surface area contributed by atoms with Gasteiger partial charge >= 0.3 is 6.09 Å². The quantitative estimate of drug-likeness (QED) is 0.0286. The van der Waals surface area contributed by atoms with Crippen molar-refractivity contribution in [2.45, 2.75) is 92.0 Å². The maximum absolute atomic E-state index is 12.3. The summed E-state index contributed by atoms with van der Waals surface area (Å²) >= 11 is 1.56. The number of nitrogens with zero attached hydrogens (tertiary/aromatic N) is 30. The SMILES string of the molecule is CC(C)C(=O)N1CCC(Oc2cc(-c3cnc(N)nc3N)nc(N3CCOCC3)n2)CC1.CC(C)OC(=O)N1CCC(Oc2cc(-c3cnc(N)nc3N)nc(N3CCOCC3)n2)CC1.CCN(CC)CCc1csc(Nc2cc(-c3cnc(N)nc3N)nc(N3CCOCC3)n2)n1.Nc1ncc(-c2cc(Nc3ccc4cn[nH]c4c3)nc(N3CCOCC3)n2)cn1.Nc1ncc(-c2ccnc(N3CCOCC3)n2)cn1. The first-order valence-electron chi connectivity index (χ1n) is 48.5. The Hall–Kier alpha value is -15.8. The molecule has 770 valence electrons. The number of carbonyl (C=O) groups is 2. The molecular weight excluding hydrogens is 1900 g/mol. The Kier molecular flexibility index (Phi) is 35.3. The number of nitrogen functional groups attached to an aromatic ring is 8. The van der Waals surface area contributed by atoms with Crippen molar-refractivity contribution in [3.8, 4) is 68.0 Å². The molecule has 13 aromatic rings. The van der Waals surface area contributed by atoms with E-state index in [0.717, 1.165) is 109 Å². The Balaban J connectivity index is 0.000000132. The van der Waals surface area contributed by atoms with Crippen molar-refractivity contribution in [1.29, 1.82) is 0 Å². The molecule has 7 saturated heterocycles. The van der Waals surface area contributed by atoms with Gasteiger partial charge in [0.25, 0.3) is 0 Å². The molecule has 12 aromatic heterocycles. The monoisotopic (exact) mass is 2020 g/mol. The number of morpholine rings is 5. The van der Waals surface area contributed by atoms with Gasteiger partial charge in [0.15, 0.2) is 5.13 Å². The zero-order valence-corrected chi connectivity index (χ0v) is 83.2. The summed E-state index contributed by atoms with van der Waals surface area (Å²) in [6.07, 6.45) is 18.1. The second-order valence-corrected chi connectivity index (χ2v) is 35.9. The highest BCUT2D eigenvalue weighted by Gasteiger charge is 2.32. The minimum absolute atomic E-state index is 0.000517. The molecule has 0 radical (unpaired) electrons. The first-order valence-corrected chi connectivity index (χ1v) is 49.4. The summed E-state index contributed by atoms with van der Waals surface area (Å²) in [7, 11) is 0. The molecule has 0 bridgehead atoms. The number of aromatic nitrogens is 23. The lowest BCUT2D eigenvalue weighted by Crippen LogP contribution is -2.43. The average Bonchev–Trinajstić information content (AvgIpc) is 1.27. The lowest BCUT2D eigenvalue weighted by atomic mass is 10.1. The van der Waals surface area contributed by atoms with E-state index in [1.165, 1.54) is 0 Å². The third kappa shape index (κ3) is 28.4. The number of piperidine rings is 2. The smallest absolute Gasteiger partial charge is 0.410 e. The van der Waals surface area contributed by atoms with Crippen molar-refractivity contribution in [2.75, 3.05) is 258 Å². The number of nitrogens with two attached hydrogens (primary N) is 8. The first-order chi connectivity index (χ1) is 70.9. The molecule has 0 unspecified atom stereocenters. The number of anilines is 17. The van der Waals surface area contributed by atoms with Gasteiger partial charge in [0.2, 0.25) is 77.2 Å². The van der Waals surface area contributed by atoms with Crippen molar-refractivity contribution >= 4 is 134 Å². The highest BCUT2D eigenvalue weighted by atomic mass is 32.1. The van der Waals surface area contributed by atoms with Crippen molar-refractivity contribution in [3.05, 3.63) is 115 Å². The van der Waals surface area contributed by atoms with E-state index in [9.17, 15) is 9.59 Å². The Labute approximate surface area is 846 Å². The van der Waals surface area contributed by atoms with E-state index in [2.05, 4.69) is 139 Å². The molecule has 20 rings (SSSR count). The van der Waals surface area contributed by atoms with Gasteiger partial charge < -0.3 is 134 Å². The van der Waals surface area contributed by atoms with Gasteiger partial charge in [-0.3, -0.25) is 9.89 Å². The van der Waals surface area contributed by atoms with Crippen molar-refractivity contribution in [1.82, 2.24) is 130 Å². The minimum atomic E-state index is -0.291. The maximum Gasteiger partial charge on any atom is 0.410 e. The summed E-state index contributed by atoms with van der Waals surface area (Å²) in [5, 5.41) is 17.7. The number of hydrogen-bond acceptors (Lipinski definition) is 49. The van der Waals surface area contributed by atoms with Gasteiger partial charge in [-0.1, -0.05) is 27.7 Å². The van der Waals surface area contributed by atoms with Crippen LogP contribution in [0.2, 0.25) is 0 Å². The largest absolute Gasteiger partial charge is 0.474 e. The average molecular weight is 2020 g/mol. The number of hydrogen-bond donors (Lipinski definition) is 11. The van der Waals surface area contributed by atoms with Crippen LogP contribution >= 0.6 is 11.3 Å². The predicted octanol–water partition coefficient (Wildman–Crippen LogP) is 6.63. The number of benzene rings is 1. The fraction of sp³-hybridized carbons (Fsp3) is 0.447. The van der Waals surface area contributed by atoms with E-state index in [4.69, 9.17) is 114 Å². The van der Waals surface area contributed by atoms with E-state index in [1.807, 2.05) is 73.9 Å². The lowest BCUT2D eigenvalue weighted by Gasteiger charge is -2.33. The first kappa shape index (κ1) is 103. The number of rotatable bonds is 25. The number of amides is 2. The van der Waals surface area contributed by atoms with E-state index >= 15 is 0 Å². The number of thiazole rings is 1. The molecule has 7 aliphatic heterocycles. The fourth-order valence-corrected chi connectivity index (χ4v) is 17.0. The van der Waals surface area contributed by atoms with Crippen LogP contribution in [-0.2, 0) is 39.6 Å². The number of fused-ring (bicyclic) bond motifs is 1. The molecule has 0 aliphatic carbocycles. The van der Waals surface area contributed by atoms with Crippen LogP contribution in [0.4, 0.5) is 104 Å². The highest BCUT2D eigenvalue weighted by molar-refractivity contribution is 7.13. The molecule has 0 saturated carbocycles. The summed E-state index contributed by atoms with van der Waals surface area (Å²) in [4.78, 5) is 132. The third-order valence-electron chi connectivity index (χ3n) is 24.1. The van der Waals surface area contributed by atoms with Crippen molar-refractivity contribution in [2.24, 2.45) is 5.92 Å². The van der Waals surface area contributed by atoms with Crippen LogP contribution < -0.4 is 90.5 Å². The molecule has 51 nitrogen and oxygen atoms in total. The van der Waals surface area contributed by atoms with Gasteiger partial charge in [0, 0.05) is 238 Å². The topological polar surface area (TPSA) is 665 Å². The van der Waals surface area contributed by atoms with Gasteiger partial charge in [-0.25, -0.2) is 74.6 Å². The van der Waals surface area contributed by atoms with Crippen LogP contribution in [0.3, 0.4) is 0 Å². The summed E-state index contributed by atoms with van der Waals surface area (Å²) in [6, 6.07) is 15.0. The standard InChI is InChI=1S/C21H30N10OS.C21H30N8O4.C21H30N8O3.C19H19N9O.C12H14N6O/c1-3-30(4-2)6-5-14-13-33-21(25-14)28-17-11-16(15-12-24-19(23)29-18(15)22)26-20(27-17)31-7-9-32-10-8-31;1-13(2)32-21(30)29-5-3-14(4-6-29)33-17-11-16(15-12-24-19(23)27-18(15)22)25-20(26-17)28-7-9-31-10-8-28;1-13(2)19(30)28-5-3-14(4-6-28)32-17-11-16(15-12-24-20(23)27-18(15)22)25-21(26-17)29-7-9-31-10-8-29;20-18-21-9-13(10-22-18)15-8-17(26-19(25-15)28-3-5-29-6-4-28)24-14-2-1-12-11-23-27-16(12)7-14;13-11-15-7-9(8-16-11)10-1-2-14-12(17-10)18-3-5-19-6-4-18/h11-13H,3-10H2,1-2H3,(H4,22,23,24,29)(H,25,26,27,28);11-14H,3-10H2,1-2H3,(H4,22,23,24,27);11-14H,3-10H2,1-2H3,(H4,22,23,24,27);1-2,7-11H,3-6H2,(H,23,27)(H2,20,21,22)(H,24,25,26);1-2,7-8H,3-6H2,(H2,13,15,16). The number of ether oxygens (including phenoxy) is 8. The molecule has 1 aromatic carbocycles. The normalized spacial score (nSPS) is 15.8. The minimum Gasteiger partial charge on any atom is -0.474 e. The molecule has 19 heterocycles. The number of likely N-dealkylation sites (tertiary alicyclic amines) is 2. The number of carbonyl (C=O) groups excluding carboxylic acids is 2. The number of nitrogens with one attached hydrogen (secondary N) is 3. The Morgan fingerprint density at radius 3 is 1.28 bits per heavy atom. The maximum atomic E-state index is 12.3. The second-order valence-electron chi connectivity index (χ2n) is 35.0. The molecule has 7 fully saturated rings. The van der Waals surface area contributed by atoms with Crippen molar-refractivity contribution < 1.29 is 47.5 Å². The second kappa shape index (κ2) is 50.0. The third-order valence-corrected chi connectivity index (χ3v) is 24.9. The molecule has 0 atom stereocenters. The number of likely N-dealkylation sites (N-methyl/N-ethyl adjacent to an activating group) is 1. The number of H-pyrrole nitrogens is 1. The number of aromatic amines is 1. The zero-order valence-electron chi connectivity index (χ0n) is 82.4. The fourth-order valence-electron chi connectivity index (χ4n) is 16.2. The highest BCUT2D eigenvalue weighted by Crippen LogP contribution is 2.36. The van der Waals surface area contributed by atoms with Crippen LogP contribution in [0.5, 0.6) is 11.8 Å². The van der Waals surface area contributed by atoms with Crippen LogP contribution in [0.1, 0.15) is 72.9 Å². The van der Waals surface area contributed by atoms with Gasteiger partial charge in [-0.2, -0.15) is 40.0 Å². The van der Waals surface area contributed by atoms with Gasteiger partial charge in [0.1, 0.15) is 41.3 Å². The Morgan fingerprint density at radius 2 is 0.836 bits per heavy atom. The van der Waals surface area contributed by atoms with E-state index in [1.54, 1.807) is 84.1 Å². The van der Waals surface area contributed by atoms with Crippen LogP contribution in [-0.4, -0.2) is 337 Å². The Morgan fingerprint density at radius 1 is 0.432 bits per heavy atom. The predicted molar refractivity (Wildman–Crippen MR) is 554 cm³/mol. The van der Waals surface area contributed by atoms with Gasteiger partial charge in [0.05, 0.1) is 135 Å². The summed E-state index contributed by atoms with van der Waals surface area (Å²) in [5.74, 6) is 6.93. The summed E-state index contributed by atoms with van der Waals surface area (Å²) in [5.41, 5.74) is 55.8. The van der Waals surface area contributed by atoms with Crippen molar-refractivity contribution in [3.63, 3.8) is 0 Å². The molecule has 7 aliphatic rings. The molecule has 0 spiro atoms. The lowest BCUT2D eigenvalue weighted by molar-refractivity contribution is -0.136. The summed E-state index contributed by atoms with van der Waals surface area (Å²) < 4.78 is 44.9. The molecule has 52 heteroatoms. The molecule has 2 amide bonds. The van der Waals surface area contributed by atoms with Gasteiger partial charge in [-0.15, -0.1) is 11.3 Å².